The molecule has 0 fully saturated rings. The molecule has 1 N–H and O–H groups in total. The second-order valence-corrected chi connectivity index (χ2v) is 6.82. The van der Waals surface area contributed by atoms with Crippen LogP contribution in [-0.2, 0) is 5.54 Å². The number of benzene rings is 2. The molecule has 1 aliphatic heterocycles. The van der Waals surface area contributed by atoms with Crippen molar-refractivity contribution in [2.75, 3.05) is 0 Å². The van der Waals surface area contributed by atoms with E-state index in [9.17, 15) is 0 Å². The molecule has 0 amide bonds. The van der Waals surface area contributed by atoms with Gasteiger partial charge in [0.05, 0.1) is 5.71 Å². The summed E-state index contributed by atoms with van der Waals surface area (Å²) in [4.78, 5) is 4.26. The molecule has 2 aromatic carbocycles. The van der Waals surface area contributed by atoms with Gasteiger partial charge in [-0.3, -0.25) is 5.43 Å². The van der Waals surface area contributed by atoms with Gasteiger partial charge in [-0.25, -0.2) is 4.98 Å². The molecule has 25 heavy (non-hydrogen) atoms. The zero-order valence-corrected chi connectivity index (χ0v) is 14.8. The average molecular weight is 368 g/mol. The first-order chi connectivity index (χ1) is 12.2. The number of hydrogen-bond donors (Lipinski definition) is 1. The molecule has 0 spiro atoms. The first kappa shape index (κ1) is 16.1. The Kier molecular flexibility index (Phi) is 4.20. The molecule has 0 aliphatic carbocycles. The second-order valence-electron chi connectivity index (χ2n) is 5.99. The molecule has 124 valence electrons. The predicted molar refractivity (Wildman–Crippen MR) is 102 cm³/mol. The molecule has 5 heteroatoms. The lowest BCUT2D eigenvalue weighted by atomic mass is 9.80. The van der Waals surface area contributed by atoms with Crippen LogP contribution in [0, 0.1) is 0 Å². The normalized spacial score (nSPS) is 19.4. The van der Waals surface area contributed by atoms with Gasteiger partial charge in [0.2, 0.25) is 0 Å². The van der Waals surface area contributed by atoms with E-state index < -0.39 is 5.54 Å². The Balaban J connectivity index is 1.76. The van der Waals surface area contributed by atoms with Crippen molar-refractivity contribution < 1.29 is 0 Å². The minimum atomic E-state index is -0.464. The van der Waals surface area contributed by atoms with Crippen LogP contribution in [0.5, 0.6) is 0 Å². The van der Waals surface area contributed by atoms with Crippen LogP contribution in [0.25, 0.3) is 0 Å². The number of hydrazone groups is 1. The Morgan fingerprint density at radius 3 is 2.28 bits per heavy atom. The molecular formula is C20H15Cl2N3. The second kappa shape index (κ2) is 6.51. The minimum Gasteiger partial charge on any atom is -0.294 e. The molecule has 1 atom stereocenters. The summed E-state index contributed by atoms with van der Waals surface area (Å²) < 4.78 is 0. The standard InChI is InChI=1S/C20H15Cl2N3/c21-17-9-6-14(7-10-17)18-12-20(25-24-18,15-4-2-1-3-5-15)16-8-11-19(22)23-13-16/h1-11,13,25H,12H2. The van der Waals surface area contributed by atoms with Crippen LogP contribution >= 0.6 is 23.2 Å². The van der Waals surface area contributed by atoms with Gasteiger partial charge < -0.3 is 0 Å². The number of rotatable bonds is 3. The molecule has 0 radical (unpaired) electrons. The van der Waals surface area contributed by atoms with Crippen LogP contribution < -0.4 is 5.43 Å². The summed E-state index contributed by atoms with van der Waals surface area (Å²) in [6.07, 6.45) is 2.52. The Bertz CT molecular complexity index is 906. The number of aromatic nitrogens is 1. The molecule has 2 heterocycles. The van der Waals surface area contributed by atoms with E-state index in [2.05, 4.69) is 27.6 Å². The van der Waals surface area contributed by atoms with E-state index in [-0.39, 0.29) is 0 Å². The Labute approximate surface area is 156 Å². The van der Waals surface area contributed by atoms with E-state index in [0.717, 1.165) is 22.4 Å². The molecule has 4 rings (SSSR count). The van der Waals surface area contributed by atoms with Gasteiger partial charge in [-0.1, -0.05) is 71.7 Å². The van der Waals surface area contributed by atoms with E-state index >= 15 is 0 Å². The monoisotopic (exact) mass is 367 g/mol. The van der Waals surface area contributed by atoms with Crippen molar-refractivity contribution in [1.82, 2.24) is 10.4 Å². The fourth-order valence-electron chi connectivity index (χ4n) is 3.15. The summed E-state index contributed by atoms with van der Waals surface area (Å²) >= 11 is 12.0. The van der Waals surface area contributed by atoms with Gasteiger partial charge in [0, 0.05) is 23.2 Å². The molecule has 1 aliphatic rings. The third-order valence-electron chi connectivity index (χ3n) is 4.48. The highest BCUT2D eigenvalue weighted by Gasteiger charge is 2.40. The Morgan fingerprint density at radius 1 is 0.840 bits per heavy atom. The molecular weight excluding hydrogens is 353 g/mol. The number of halogens is 2. The fraction of sp³-hybridized carbons (Fsp3) is 0.100. The van der Waals surface area contributed by atoms with Crippen molar-refractivity contribution in [3.05, 3.63) is 99.8 Å². The van der Waals surface area contributed by atoms with Gasteiger partial charge in [-0.05, 0) is 29.3 Å². The molecule has 0 saturated carbocycles. The number of nitrogens with one attached hydrogen (secondary N) is 1. The molecule has 3 nitrogen and oxygen atoms in total. The van der Waals surface area contributed by atoms with Crippen LogP contribution in [-0.4, -0.2) is 10.7 Å². The minimum absolute atomic E-state index is 0.464. The van der Waals surface area contributed by atoms with E-state index in [4.69, 9.17) is 23.2 Å². The summed E-state index contributed by atoms with van der Waals surface area (Å²) in [7, 11) is 0. The average Bonchev–Trinajstić information content (AvgIpc) is 3.10. The zero-order chi connectivity index (χ0) is 17.3. The molecule has 1 unspecified atom stereocenters. The summed E-state index contributed by atoms with van der Waals surface area (Å²) in [5, 5.41) is 5.82. The fourth-order valence-corrected chi connectivity index (χ4v) is 3.39. The van der Waals surface area contributed by atoms with E-state index in [0.29, 0.717) is 16.6 Å². The molecule has 1 aromatic heterocycles. The maximum atomic E-state index is 6.00. The highest BCUT2D eigenvalue weighted by atomic mass is 35.5. The number of nitrogens with zero attached hydrogens (tertiary/aromatic N) is 2. The summed E-state index contributed by atoms with van der Waals surface area (Å²) in [5.41, 5.74) is 7.08. The largest absolute Gasteiger partial charge is 0.294 e. The van der Waals surface area contributed by atoms with Gasteiger partial charge >= 0.3 is 0 Å². The molecule has 0 saturated heterocycles. The van der Waals surface area contributed by atoms with Crippen LogP contribution in [0.4, 0.5) is 0 Å². The predicted octanol–water partition coefficient (Wildman–Crippen LogP) is 5.03. The highest BCUT2D eigenvalue weighted by molar-refractivity contribution is 6.30. The lowest BCUT2D eigenvalue weighted by molar-refractivity contribution is 0.459. The van der Waals surface area contributed by atoms with Crippen LogP contribution in [0.2, 0.25) is 10.2 Å². The van der Waals surface area contributed by atoms with Crippen molar-refractivity contribution in [3.63, 3.8) is 0 Å². The number of hydrogen-bond acceptors (Lipinski definition) is 3. The van der Waals surface area contributed by atoms with E-state index in [1.165, 1.54) is 0 Å². The van der Waals surface area contributed by atoms with Crippen molar-refractivity contribution in [1.29, 1.82) is 0 Å². The molecule has 0 bridgehead atoms. The summed E-state index contributed by atoms with van der Waals surface area (Å²) in [6, 6.07) is 21.8. The SMILES string of the molecule is Clc1ccc(C2=NNC(c3ccccc3)(c3ccc(Cl)nc3)C2)cc1. The number of pyridine rings is 1. The first-order valence-corrected chi connectivity index (χ1v) is 8.70. The van der Waals surface area contributed by atoms with Crippen molar-refractivity contribution in [3.8, 4) is 0 Å². The molecule has 3 aromatic rings. The van der Waals surface area contributed by atoms with Gasteiger partial charge in [-0.15, -0.1) is 0 Å². The van der Waals surface area contributed by atoms with Crippen LogP contribution in [0.15, 0.2) is 78.0 Å². The van der Waals surface area contributed by atoms with Gasteiger partial charge in [0.1, 0.15) is 10.7 Å². The lowest BCUT2D eigenvalue weighted by Crippen LogP contribution is -2.37. The van der Waals surface area contributed by atoms with E-state index in [1.807, 2.05) is 60.8 Å². The highest BCUT2D eigenvalue weighted by Crippen LogP contribution is 2.37. The van der Waals surface area contributed by atoms with Crippen LogP contribution in [0.3, 0.4) is 0 Å². The third kappa shape index (κ3) is 3.01. The van der Waals surface area contributed by atoms with Crippen molar-refractivity contribution >= 4 is 28.9 Å². The lowest BCUT2D eigenvalue weighted by Gasteiger charge is -2.30. The third-order valence-corrected chi connectivity index (χ3v) is 4.95. The smallest absolute Gasteiger partial charge is 0.129 e. The van der Waals surface area contributed by atoms with Crippen LogP contribution in [0.1, 0.15) is 23.1 Å². The zero-order valence-electron chi connectivity index (χ0n) is 13.3. The quantitative estimate of drug-likeness (QED) is 0.659. The van der Waals surface area contributed by atoms with Crippen molar-refractivity contribution in [2.45, 2.75) is 12.0 Å². The first-order valence-electron chi connectivity index (χ1n) is 7.95. The van der Waals surface area contributed by atoms with E-state index in [1.54, 1.807) is 0 Å². The summed E-state index contributed by atoms with van der Waals surface area (Å²) in [5.74, 6) is 0. The van der Waals surface area contributed by atoms with Gasteiger partial charge in [0.15, 0.2) is 0 Å². The maximum Gasteiger partial charge on any atom is 0.129 e. The van der Waals surface area contributed by atoms with Crippen molar-refractivity contribution in [2.24, 2.45) is 5.10 Å². The Hall–Kier alpha value is -2.36. The maximum absolute atomic E-state index is 6.00. The van der Waals surface area contributed by atoms with Gasteiger partial charge in [-0.2, -0.15) is 5.10 Å². The Morgan fingerprint density at radius 2 is 1.60 bits per heavy atom. The summed E-state index contributed by atoms with van der Waals surface area (Å²) in [6.45, 7) is 0. The van der Waals surface area contributed by atoms with Gasteiger partial charge in [0.25, 0.3) is 0 Å². The topological polar surface area (TPSA) is 37.3 Å².